The topological polar surface area (TPSA) is 200 Å². The van der Waals surface area contributed by atoms with Crippen molar-refractivity contribution in [1.82, 2.24) is 25.9 Å². The number of carbonyl (C=O) groups excluding carboxylic acids is 3. The number of H-pyrrole nitrogens is 1. The highest BCUT2D eigenvalue weighted by molar-refractivity contribution is 5.94. The van der Waals surface area contributed by atoms with Crippen LogP contribution < -0.4 is 21.7 Å². The van der Waals surface area contributed by atoms with Gasteiger partial charge in [-0.3, -0.25) is 14.4 Å². The molecule has 8 N–H and O–H groups in total. The van der Waals surface area contributed by atoms with Gasteiger partial charge in [0.15, 0.2) is 0 Å². The van der Waals surface area contributed by atoms with E-state index in [1.54, 1.807) is 12.1 Å². The lowest BCUT2D eigenvalue weighted by molar-refractivity contribution is -0.142. The number of aromatic nitrogens is 2. The van der Waals surface area contributed by atoms with Crippen LogP contribution in [-0.2, 0) is 38.4 Å². The number of carbonyl (C=O) groups is 4. The van der Waals surface area contributed by atoms with E-state index >= 15 is 0 Å². The summed E-state index contributed by atoms with van der Waals surface area (Å²) < 4.78 is 0. The molecule has 3 amide bonds. The van der Waals surface area contributed by atoms with E-state index in [1.165, 1.54) is 31.6 Å². The number of nitrogens with zero attached hydrogens (tertiary/aromatic N) is 1. The first-order valence-corrected chi connectivity index (χ1v) is 12.3. The molecule has 3 rings (SSSR count). The lowest BCUT2D eigenvalue weighted by Gasteiger charge is -2.23. The summed E-state index contributed by atoms with van der Waals surface area (Å²) in [5, 5.41) is 26.7. The summed E-state index contributed by atoms with van der Waals surface area (Å²) in [4.78, 5) is 57.3. The number of hydrogen-bond acceptors (Lipinski definition) is 7. The normalized spacial score (nSPS) is 13.9. The predicted octanol–water partition coefficient (Wildman–Crippen LogP) is 0.0294. The third-order valence-electron chi connectivity index (χ3n) is 5.99. The van der Waals surface area contributed by atoms with E-state index in [0.29, 0.717) is 11.3 Å². The molecule has 39 heavy (non-hydrogen) atoms. The number of amides is 3. The first-order valence-electron chi connectivity index (χ1n) is 12.3. The second-order valence-corrected chi connectivity index (χ2v) is 9.14. The highest BCUT2D eigenvalue weighted by Crippen LogP contribution is 2.12. The maximum absolute atomic E-state index is 13.1. The first-order chi connectivity index (χ1) is 18.6. The van der Waals surface area contributed by atoms with Crippen molar-refractivity contribution in [3.8, 4) is 5.75 Å². The Kier molecular flexibility index (Phi) is 10.2. The zero-order valence-electron chi connectivity index (χ0n) is 21.3. The number of carboxylic acids is 1. The molecule has 4 atom stereocenters. The van der Waals surface area contributed by atoms with Crippen LogP contribution in [0.5, 0.6) is 5.75 Å². The monoisotopic (exact) mass is 536 g/mol. The predicted molar refractivity (Wildman–Crippen MR) is 141 cm³/mol. The number of hydrogen-bond donors (Lipinski definition) is 7. The lowest BCUT2D eigenvalue weighted by Crippen LogP contribution is -2.57. The van der Waals surface area contributed by atoms with Crippen molar-refractivity contribution in [3.05, 3.63) is 83.9 Å². The molecule has 206 valence electrons. The minimum atomic E-state index is -1.30. The second-order valence-electron chi connectivity index (χ2n) is 9.14. The quantitative estimate of drug-likeness (QED) is 0.159. The Morgan fingerprint density at radius 3 is 2.10 bits per heavy atom. The summed E-state index contributed by atoms with van der Waals surface area (Å²) in [6.45, 7) is 1.46. The molecule has 0 saturated heterocycles. The van der Waals surface area contributed by atoms with Gasteiger partial charge < -0.3 is 36.9 Å². The summed E-state index contributed by atoms with van der Waals surface area (Å²) in [5.74, 6) is -3.16. The van der Waals surface area contributed by atoms with Crippen LogP contribution in [0, 0.1) is 0 Å². The van der Waals surface area contributed by atoms with Crippen LogP contribution in [0.1, 0.15) is 23.7 Å². The number of aromatic amines is 1. The van der Waals surface area contributed by atoms with Gasteiger partial charge in [0.05, 0.1) is 12.4 Å². The van der Waals surface area contributed by atoms with Crippen molar-refractivity contribution in [2.75, 3.05) is 0 Å². The molecule has 4 unspecified atom stereocenters. The number of imidazole rings is 1. The van der Waals surface area contributed by atoms with Gasteiger partial charge in [-0.25, -0.2) is 9.78 Å². The zero-order valence-corrected chi connectivity index (χ0v) is 21.3. The van der Waals surface area contributed by atoms with Crippen molar-refractivity contribution in [1.29, 1.82) is 0 Å². The van der Waals surface area contributed by atoms with Gasteiger partial charge in [-0.05, 0) is 36.6 Å². The molecule has 0 radical (unpaired) electrons. The van der Waals surface area contributed by atoms with Gasteiger partial charge in [0.1, 0.15) is 23.9 Å². The van der Waals surface area contributed by atoms with Gasteiger partial charge in [0.2, 0.25) is 17.7 Å². The molecule has 0 fully saturated rings. The van der Waals surface area contributed by atoms with Crippen molar-refractivity contribution in [2.24, 2.45) is 5.73 Å². The Balaban J connectivity index is 1.64. The molecule has 1 aromatic heterocycles. The molecular weight excluding hydrogens is 504 g/mol. The Morgan fingerprint density at radius 2 is 1.49 bits per heavy atom. The van der Waals surface area contributed by atoms with E-state index in [4.69, 9.17) is 5.73 Å². The maximum Gasteiger partial charge on any atom is 0.326 e. The third kappa shape index (κ3) is 8.97. The second kappa shape index (κ2) is 13.7. The largest absolute Gasteiger partial charge is 0.508 e. The summed E-state index contributed by atoms with van der Waals surface area (Å²) >= 11 is 0. The number of phenols is 1. The van der Waals surface area contributed by atoms with E-state index in [0.717, 1.165) is 5.56 Å². The molecule has 0 aliphatic rings. The maximum atomic E-state index is 13.1. The molecule has 0 aliphatic carbocycles. The van der Waals surface area contributed by atoms with Gasteiger partial charge >= 0.3 is 5.97 Å². The van der Waals surface area contributed by atoms with E-state index in [9.17, 15) is 29.4 Å². The molecular formula is C27H32N6O6. The number of rotatable bonds is 13. The molecule has 2 aromatic carbocycles. The summed E-state index contributed by atoms with van der Waals surface area (Å²) in [6, 6.07) is 10.8. The number of phenolic OH excluding ortho intramolecular Hbond substituents is 1. The fraction of sp³-hybridized carbons (Fsp3) is 0.296. The summed E-state index contributed by atoms with van der Waals surface area (Å²) in [5.41, 5.74) is 7.98. The highest BCUT2D eigenvalue weighted by atomic mass is 16.4. The van der Waals surface area contributed by atoms with E-state index in [1.807, 2.05) is 30.3 Å². The van der Waals surface area contributed by atoms with E-state index in [-0.39, 0.29) is 25.0 Å². The van der Waals surface area contributed by atoms with Crippen molar-refractivity contribution >= 4 is 23.7 Å². The smallest absolute Gasteiger partial charge is 0.326 e. The number of aliphatic carboxylic acids is 1. The molecule has 0 saturated carbocycles. The number of carboxylic acid groups (broad SMARTS) is 1. The first kappa shape index (κ1) is 28.9. The fourth-order valence-electron chi connectivity index (χ4n) is 3.81. The fourth-order valence-corrected chi connectivity index (χ4v) is 3.81. The zero-order chi connectivity index (χ0) is 28.4. The van der Waals surface area contributed by atoms with Crippen LogP contribution in [0.25, 0.3) is 0 Å². The van der Waals surface area contributed by atoms with Crippen molar-refractivity contribution in [2.45, 2.75) is 50.4 Å². The number of benzene rings is 2. The van der Waals surface area contributed by atoms with Gasteiger partial charge in [-0.2, -0.15) is 0 Å². The van der Waals surface area contributed by atoms with E-state index in [2.05, 4.69) is 25.9 Å². The van der Waals surface area contributed by atoms with Gasteiger partial charge in [0, 0.05) is 24.7 Å². The van der Waals surface area contributed by atoms with Crippen LogP contribution in [0.3, 0.4) is 0 Å². The Bertz CT molecular complexity index is 1250. The molecule has 12 nitrogen and oxygen atoms in total. The SMILES string of the molecule is CC(NC(=O)C(N)Cc1ccccc1)C(=O)NC(Cc1cnc[nH]1)C(=O)NC(Cc1ccc(O)cc1)C(=O)O. The van der Waals surface area contributed by atoms with Crippen LogP contribution in [0.15, 0.2) is 67.1 Å². The molecule has 1 heterocycles. The third-order valence-corrected chi connectivity index (χ3v) is 5.99. The van der Waals surface area contributed by atoms with Gasteiger partial charge in [-0.15, -0.1) is 0 Å². The summed E-state index contributed by atoms with van der Waals surface area (Å²) in [6.07, 6.45) is 3.12. The minimum Gasteiger partial charge on any atom is -0.508 e. The molecule has 0 spiro atoms. The highest BCUT2D eigenvalue weighted by Gasteiger charge is 2.29. The summed E-state index contributed by atoms with van der Waals surface area (Å²) in [7, 11) is 0. The van der Waals surface area contributed by atoms with Gasteiger partial charge in [0.25, 0.3) is 0 Å². The van der Waals surface area contributed by atoms with Crippen LogP contribution in [0.4, 0.5) is 0 Å². The van der Waals surface area contributed by atoms with Crippen molar-refractivity contribution in [3.63, 3.8) is 0 Å². The number of aromatic hydroxyl groups is 1. The molecule has 0 aliphatic heterocycles. The average Bonchev–Trinajstić information content (AvgIpc) is 3.42. The minimum absolute atomic E-state index is 0.00267. The molecule has 3 aromatic rings. The Labute approximate surface area is 225 Å². The number of nitrogens with two attached hydrogens (primary N) is 1. The standard InChI is InChI=1S/C27H32N6O6/c1-16(31-25(36)21(28)11-17-5-3-2-4-6-17)24(35)32-22(13-19-14-29-15-30-19)26(37)33-23(27(38)39)12-18-7-9-20(34)10-8-18/h2-10,14-16,21-23,34H,11-13,28H2,1H3,(H,29,30)(H,31,36)(H,32,35)(H,33,37)(H,38,39). The van der Waals surface area contributed by atoms with Crippen molar-refractivity contribution < 1.29 is 29.4 Å². The molecule has 0 bridgehead atoms. The Hall–Kier alpha value is -4.71. The van der Waals surface area contributed by atoms with Gasteiger partial charge in [-0.1, -0.05) is 42.5 Å². The van der Waals surface area contributed by atoms with Crippen LogP contribution in [0.2, 0.25) is 0 Å². The lowest BCUT2D eigenvalue weighted by atomic mass is 10.0. The van der Waals surface area contributed by atoms with Crippen LogP contribution in [-0.4, -0.2) is 68.0 Å². The number of nitrogens with one attached hydrogen (secondary N) is 4. The van der Waals surface area contributed by atoms with Crippen LogP contribution >= 0.6 is 0 Å². The molecule has 12 heteroatoms. The Morgan fingerprint density at radius 1 is 0.846 bits per heavy atom. The average molecular weight is 537 g/mol. The van der Waals surface area contributed by atoms with E-state index < -0.39 is 47.9 Å².